The fraction of sp³-hybridized carbons (Fsp3) is 0.200. The van der Waals surface area contributed by atoms with Crippen molar-refractivity contribution in [3.05, 3.63) is 35.0 Å². The van der Waals surface area contributed by atoms with Gasteiger partial charge in [-0.3, -0.25) is 0 Å². The van der Waals surface area contributed by atoms with Crippen LogP contribution in [0, 0.1) is 0 Å². The van der Waals surface area contributed by atoms with Gasteiger partial charge >= 0.3 is 0 Å². The summed E-state index contributed by atoms with van der Waals surface area (Å²) >= 11 is 6.03. The molecule has 0 fully saturated rings. The summed E-state index contributed by atoms with van der Waals surface area (Å²) in [5, 5.41) is 10.7. The van der Waals surface area contributed by atoms with Crippen LogP contribution in [0.4, 0.5) is 0 Å². The van der Waals surface area contributed by atoms with Crippen LogP contribution in [0.5, 0.6) is 0 Å². The smallest absolute Gasteiger partial charge is 0.0683 e. The number of halogens is 1. The Morgan fingerprint density at radius 2 is 2.23 bits per heavy atom. The minimum atomic E-state index is 0.0286. The van der Waals surface area contributed by atoms with Crippen LogP contribution >= 0.6 is 11.6 Å². The Balaban J connectivity index is 2.80. The second-order valence-corrected chi connectivity index (χ2v) is 3.50. The molecule has 0 bridgehead atoms. The number of aromatic nitrogens is 1. The standard InChI is InChI=1S/C10H10ClNO/c1-12-3-2-8-9(11)4-7(6-13)5-10(8)12/h2-5,13H,6H2,1H3. The molecule has 0 aliphatic heterocycles. The van der Waals surface area contributed by atoms with Crippen LogP contribution in [0.15, 0.2) is 24.4 Å². The minimum Gasteiger partial charge on any atom is -0.392 e. The molecule has 2 nitrogen and oxygen atoms in total. The van der Waals surface area contributed by atoms with Gasteiger partial charge in [-0.05, 0) is 23.8 Å². The summed E-state index contributed by atoms with van der Waals surface area (Å²) in [6.45, 7) is 0.0286. The van der Waals surface area contributed by atoms with E-state index in [9.17, 15) is 0 Å². The predicted molar refractivity (Wildman–Crippen MR) is 53.9 cm³/mol. The maximum Gasteiger partial charge on any atom is 0.0683 e. The van der Waals surface area contributed by atoms with Crippen molar-refractivity contribution in [1.82, 2.24) is 4.57 Å². The van der Waals surface area contributed by atoms with Crippen LogP contribution in [0.2, 0.25) is 5.02 Å². The molecule has 1 N–H and O–H groups in total. The number of nitrogens with zero attached hydrogens (tertiary/aromatic N) is 1. The number of rotatable bonds is 1. The van der Waals surface area contributed by atoms with Crippen LogP contribution in [-0.2, 0) is 13.7 Å². The van der Waals surface area contributed by atoms with Crippen molar-refractivity contribution in [3.8, 4) is 0 Å². The van der Waals surface area contributed by atoms with Crippen LogP contribution in [0.25, 0.3) is 10.9 Å². The van der Waals surface area contributed by atoms with Crippen LogP contribution in [-0.4, -0.2) is 9.67 Å². The van der Waals surface area contributed by atoms with E-state index in [-0.39, 0.29) is 6.61 Å². The molecular formula is C10H10ClNO. The summed E-state index contributed by atoms with van der Waals surface area (Å²) in [4.78, 5) is 0. The van der Waals surface area contributed by atoms with Gasteiger partial charge in [0.15, 0.2) is 0 Å². The Morgan fingerprint density at radius 3 is 2.92 bits per heavy atom. The maximum absolute atomic E-state index is 8.98. The first-order chi connectivity index (χ1) is 6.22. The van der Waals surface area contributed by atoms with Gasteiger partial charge < -0.3 is 9.67 Å². The summed E-state index contributed by atoms with van der Waals surface area (Å²) in [5.41, 5.74) is 1.90. The van der Waals surface area contributed by atoms with Gasteiger partial charge in [-0.15, -0.1) is 0 Å². The summed E-state index contributed by atoms with van der Waals surface area (Å²) in [5.74, 6) is 0. The zero-order valence-electron chi connectivity index (χ0n) is 7.29. The Bertz CT molecular complexity index is 447. The van der Waals surface area contributed by atoms with Gasteiger partial charge in [0, 0.05) is 24.1 Å². The van der Waals surface area contributed by atoms with E-state index in [2.05, 4.69) is 0 Å². The molecule has 0 atom stereocenters. The van der Waals surface area contributed by atoms with E-state index in [1.54, 1.807) is 6.07 Å². The van der Waals surface area contributed by atoms with Gasteiger partial charge in [0.05, 0.1) is 11.6 Å². The molecule has 1 heterocycles. The molecular weight excluding hydrogens is 186 g/mol. The van der Waals surface area contributed by atoms with E-state index >= 15 is 0 Å². The molecule has 68 valence electrons. The van der Waals surface area contributed by atoms with Gasteiger partial charge in [-0.25, -0.2) is 0 Å². The van der Waals surface area contributed by atoms with Crippen molar-refractivity contribution in [1.29, 1.82) is 0 Å². The number of aryl methyl sites for hydroxylation is 1. The zero-order chi connectivity index (χ0) is 9.42. The highest BCUT2D eigenvalue weighted by Crippen LogP contribution is 2.25. The molecule has 3 heteroatoms. The number of benzene rings is 1. The first kappa shape index (κ1) is 8.60. The predicted octanol–water partition coefficient (Wildman–Crippen LogP) is 2.32. The highest BCUT2D eigenvalue weighted by atomic mass is 35.5. The lowest BCUT2D eigenvalue weighted by Gasteiger charge is -2.01. The van der Waals surface area contributed by atoms with E-state index in [4.69, 9.17) is 16.7 Å². The van der Waals surface area contributed by atoms with E-state index in [1.165, 1.54) is 0 Å². The lowest BCUT2D eigenvalue weighted by molar-refractivity contribution is 0.282. The highest BCUT2D eigenvalue weighted by Gasteiger charge is 2.04. The first-order valence-electron chi connectivity index (χ1n) is 4.06. The van der Waals surface area contributed by atoms with Crippen LogP contribution in [0.1, 0.15) is 5.56 Å². The molecule has 2 aromatic rings. The Labute approximate surface area is 81.4 Å². The topological polar surface area (TPSA) is 25.2 Å². The summed E-state index contributed by atoms with van der Waals surface area (Å²) in [6.07, 6.45) is 1.96. The van der Waals surface area contributed by atoms with Gasteiger partial charge in [0.25, 0.3) is 0 Å². The molecule has 1 aromatic heterocycles. The largest absolute Gasteiger partial charge is 0.392 e. The average Bonchev–Trinajstić information content (AvgIpc) is 2.48. The first-order valence-corrected chi connectivity index (χ1v) is 4.44. The second kappa shape index (κ2) is 3.05. The zero-order valence-corrected chi connectivity index (χ0v) is 8.04. The Kier molecular flexibility index (Phi) is 2.02. The molecule has 13 heavy (non-hydrogen) atoms. The second-order valence-electron chi connectivity index (χ2n) is 3.10. The van der Waals surface area contributed by atoms with Gasteiger partial charge in [-0.2, -0.15) is 0 Å². The van der Waals surface area contributed by atoms with Crippen molar-refractivity contribution in [3.63, 3.8) is 0 Å². The maximum atomic E-state index is 8.98. The number of hydrogen-bond donors (Lipinski definition) is 1. The van der Waals surface area contributed by atoms with Crippen molar-refractivity contribution in [2.75, 3.05) is 0 Å². The quantitative estimate of drug-likeness (QED) is 0.743. The monoisotopic (exact) mass is 195 g/mol. The third kappa shape index (κ3) is 1.32. The molecule has 0 aliphatic rings. The number of aliphatic hydroxyl groups is 1. The Hall–Kier alpha value is -0.990. The van der Waals surface area contributed by atoms with E-state index < -0.39 is 0 Å². The molecule has 0 spiro atoms. The minimum absolute atomic E-state index is 0.0286. The van der Waals surface area contributed by atoms with Crippen LogP contribution < -0.4 is 0 Å². The average molecular weight is 196 g/mol. The molecule has 0 radical (unpaired) electrons. The third-order valence-electron chi connectivity index (χ3n) is 2.19. The fourth-order valence-corrected chi connectivity index (χ4v) is 1.77. The van der Waals surface area contributed by atoms with Crippen molar-refractivity contribution in [2.45, 2.75) is 6.61 Å². The molecule has 2 rings (SSSR count). The molecule has 0 aliphatic carbocycles. The lowest BCUT2D eigenvalue weighted by atomic mass is 10.2. The van der Waals surface area contributed by atoms with E-state index in [1.807, 2.05) is 29.9 Å². The Morgan fingerprint density at radius 1 is 1.46 bits per heavy atom. The summed E-state index contributed by atoms with van der Waals surface area (Å²) < 4.78 is 1.99. The number of aliphatic hydroxyl groups excluding tert-OH is 1. The molecule has 0 amide bonds. The number of hydrogen-bond acceptors (Lipinski definition) is 1. The highest BCUT2D eigenvalue weighted by molar-refractivity contribution is 6.35. The van der Waals surface area contributed by atoms with Crippen molar-refractivity contribution in [2.24, 2.45) is 7.05 Å². The van der Waals surface area contributed by atoms with Gasteiger partial charge in [0.1, 0.15) is 0 Å². The molecule has 0 unspecified atom stereocenters. The van der Waals surface area contributed by atoms with Gasteiger partial charge in [-0.1, -0.05) is 11.6 Å². The molecule has 0 saturated heterocycles. The van der Waals surface area contributed by atoms with Crippen LogP contribution in [0.3, 0.4) is 0 Å². The fourth-order valence-electron chi connectivity index (χ4n) is 1.47. The third-order valence-corrected chi connectivity index (χ3v) is 2.51. The van der Waals surface area contributed by atoms with Crippen molar-refractivity contribution < 1.29 is 5.11 Å². The lowest BCUT2D eigenvalue weighted by Crippen LogP contribution is -1.88. The SMILES string of the molecule is Cn1ccc2c(Cl)cc(CO)cc21. The summed E-state index contributed by atoms with van der Waals surface area (Å²) in [6, 6.07) is 5.71. The normalized spacial score (nSPS) is 11.0. The van der Waals surface area contributed by atoms with E-state index in [0.717, 1.165) is 16.5 Å². The van der Waals surface area contributed by atoms with Gasteiger partial charge in [0.2, 0.25) is 0 Å². The van der Waals surface area contributed by atoms with Crippen molar-refractivity contribution >= 4 is 22.5 Å². The van der Waals surface area contributed by atoms with E-state index in [0.29, 0.717) is 5.02 Å². The summed E-state index contributed by atoms with van der Waals surface area (Å²) in [7, 11) is 1.96. The molecule has 0 saturated carbocycles. The molecule has 1 aromatic carbocycles. The number of fused-ring (bicyclic) bond motifs is 1.